The van der Waals surface area contributed by atoms with Gasteiger partial charge < -0.3 is 14.5 Å². The Bertz CT molecular complexity index is 804. The van der Waals surface area contributed by atoms with Crippen LogP contribution in [-0.4, -0.2) is 80.0 Å². The zero-order valence-corrected chi connectivity index (χ0v) is 19.3. The van der Waals surface area contributed by atoms with Crippen molar-refractivity contribution < 1.29 is 17.9 Å². The lowest BCUT2D eigenvalue weighted by molar-refractivity contribution is -0.140. The molecule has 2 saturated heterocycles. The van der Waals surface area contributed by atoms with Gasteiger partial charge in [0.1, 0.15) is 10.7 Å². The number of morpholine rings is 1. The number of carbonyl (C=O) groups is 1. The third-order valence-electron chi connectivity index (χ3n) is 5.81. The Labute approximate surface area is 180 Å². The summed E-state index contributed by atoms with van der Waals surface area (Å²) in [5.41, 5.74) is 0. The molecule has 0 saturated carbocycles. The standard InChI is InChI=1S/C21H34N4O4S/c1-16(2)25(17(3)4)30(27,28)19-5-6-20(22-15-19)23-9-7-18(8-10-23)21(26)24-11-13-29-14-12-24/h5-6,15-18H,7-14H2,1-4H3. The summed E-state index contributed by atoms with van der Waals surface area (Å²) in [6, 6.07) is 3.16. The molecule has 9 heteroatoms. The number of carbonyl (C=O) groups excluding carboxylic acids is 1. The van der Waals surface area contributed by atoms with Crippen molar-refractivity contribution in [1.82, 2.24) is 14.2 Å². The average molecular weight is 439 g/mol. The molecule has 0 aromatic carbocycles. The van der Waals surface area contributed by atoms with Gasteiger partial charge in [0, 0.05) is 50.4 Å². The van der Waals surface area contributed by atoms with Crippen LogP contribution in [0.5, 0.6) is 0 Å². The predicted octanol–water partition coefficient (Wildman–Crippen LogP) is 1.96. The van der Waals surface area contributed by atoms with E-state index in [0.29, 0.717) is 26.3 Å². The molecule has 2 aliphatic heterocycles. The Morgan fingerprint density at radius 1 is 1.07 bits per heavy atom. The lowest BCUT2D eigenvalue weighted by Crippen LogP contribution is -2.47. The number of piperidine rings is 1. The molecule has 0 unspecified atom stereocenters. The van der Waals surface area contributed by atoms with Crippen LogP contribution in [0.3, 0.4) is 0 Å². The van der Waals surface area contributed by atoms with Crippen LogP contribution >= 0.6 is 0 Å². The van der Waals surface area contributed by atoms with Crippen LogP contribution in [0.1, 0.15) is 40.5 Å². The first-order valence-corrected chi connectivity index (χ1v) is 12.3. The topological polar surface area (TPSA) is 83.1 Å². The third-order valence-corrected chi connectivity index (χ3v) is 8.04. The van der Waals surface area contributed by atoms with Gasteiger partial charge in [-0.15, -0.1) is 0 Å². The molecule has 0 N–H and O–H groups in total. The van der Waals surface area contributed by atoms with E-state index in [1.165, 1.54) is 10.5 Å². The summed E-state index contributed by atoms with van der Waals surface area (Å²) < 4.78 is 32.8. The maximum absolute atomic E-state index is 13.0. The number of hydrogen-bond donors (Lipinski definition) is 0. The zero-order chi connectivity index (χ0) is 21.9. The number of anilines is 1. The van der Waals surface area contributed by atoms with E-state index < -0.39 is 10.0 Å². The number of sulfonamides is 1. The first-order chi connectivity index (χ1) is 14.2. The predicted molar refractivity (Wildman–Crippen MR) is 116 cm³/mol. The number of pyridine rings is 1. The van der Waals surface area contributed by atoms with Crippen LogP contribution in [0.2, 0.25) is 0 Å². The summed E-state index contributed by atoms with van der Waals surface area (Å²) >= 11 is 0. The molecule has 30 heavy (non-hydrogen) atoms. The monoisotopic (exact) mass is 438 g/mol. The summed E-state index contributed by atoms with van der Waals surface area (Å²) in [6.45, 7) is 11.6. The van der Waals surface area contributed by atoms with Crippen LogP contribution in [0, 0.1) is 5.92 Å². The zero-order valence-electron chi connectivity index (χ0n) is 18.5. The highest BCUT2D eigenvalue weighted by molar-refractivity contribution is 7.89. The SMILES string of the molecule is CC(C)N(C(C)C)S(=O)(=O)c1ccc(N2CCC(C(=O)N3CCOCC3)CC2)nc1. The Kier molecular flexibility index (Phi) is 7.36. The molecule has 168 valence electrons. The smallest absolute Gasteiger partial charge is 0.245 e. The number of rotatable bonds is 6. The first kappa shape index (κ1) is 23.0. The number of aromatic nitrogens is 1. The van der Waals surface area contributed by atoms with E-state index in [9.17, 15) is 13.2 Å². The number of ether oxygens (including phenoxy) is 1. The van der Waals surface area contributed by atoms with Crippen molar-refractivity contribution in [2.45, 2.75) is 57.5 Å². The Morgan fingerprint density at radius 3 is 2.17 bits per heavy atom. The minimum absolute atomic E-state index is 0.0460. The van der Waals surface area contributed by atoms with Crippen LogP contribution in [0.15, 0.2) is 23.2 Å². The molecule has 0 atom stereocenters. The fourth-order valence-electron chi connectivity index (χ4n) is 4.38. The van der Waals surface area contributed by atoms with Crippen LogP contribution < -0.4 is 4.90 Å². The molecule has 0 radical (unpaired) electrons. The van der Waals surface area contributed by atoms with E-state index >= 15 is 0 Å². The highest BCUT2D eigenvalue weighted by Gasteiger charge is 2.31. The average Bonchev–Trinajstić information content (AvgIpc) is 2.73. The summed E-state index contributed by atoms with van der Waals surface area (Å²) in [5.74, 6) is 1.03. The summed E-state index contributed by atoms with van der Waals surface area (Å²) in [4.78, 5) is 21.4. The third kappa shape index (κ3) is 4.95. The quantitative estimate of drug-likeness (QED) is 0.675. The van der Waals surface area contributed by atoms with Crippen LogP contribution in [0.4, 0.5) is 5.82 Å². The first-order valence-electron chi connectivity index (χ1n) is 10.8. The van der Waals surface area contributed by atoms with E-state index in [0.717, 1.165) is 31.7 Å². The molecular formula is C21H34N4O4S. The Balaban J connectivity index is 1.63. The minimum Gasteiger partial charge on any atom is -0.378 e. The van der Waals surface area contributed by atoms with E-state index in [4.69, 9.17) is 4.74 Å². The Morgan fingerprint density at radius 2 is 1.67 bits per heavy atom. The van der Waals surface area contributed by atoms with Gasteiger partial charge in [0.15, 0.2) is 0 Å². The largest absolute Gasteiger partial charge is 0.378 e. The molecule has 0 aliphatic carbocycles. The van der Waals surface area contributed by atoms with Gasteiger partial charge >= 0.3 is 0 Å². The molecule has 1 aromatic rings. The van der Waals surface area contributed by atoms with Gasteiger partial charge in [-0.3, -0.25) is 4.79 Å². The molecule has 1 amide bonds. The Hall–Kier alpha value is -1.71. The summed E-state index contributed by atoms with van der Waals surface area (Å²) in [5, 5.41) is 0. The summed E-state index contributed by atoms with van der Waals surface area (Å²) in [7, 11) is -3.59. The van der Waals surface area contributed by atoms with Crippen LogP contribution in [0.25, 0.3) is 0 Å². The fraction of sp³-hybridized carbons (Fsp3) is 0.714. The van der Waals surface area contributed by atoms with Gasteiger partial charge in [0.2, 0.25) is 15.9 Å². The van der Waals surface area contributed by atoms with Crippen LogP contribution in [-0.2, 0) is 19.6 Å². The van der Waals surface area contributed by atoms with Crippen molar-refractivity contribution in [3.05, 3.63) is 18.3 Å². The molecule has 3 heterocycles. The van der Waals surface area contributed by atoms with Crippen molar-refractivity contribution in [1.29, 1.82) is 0 Å². The molecule has 0 spiro atoms. The van der Waals surface area contributed by atoms with Gasteiger partial charge in [-0.1, -0.05) is 0 Å². The maximum Gasteiger partial charge on any atom is 0.245 e. The van der Waals surface area contributed by atoms with Gasteiger partial charge in [-0.25, -0.2) is 13.4 Å². The van der Waals surface area contributed by atoms with Gasteiger partial charge in [-0.05, 0) is 52.7 Å². The van der Waals surface area contributed by atoms with Crippen molar-refractivity contribution in [3.8, 4) is 0 Å². The molecule has 2 fully saturated rings. The lowest BCUT2D eigenvalue weighted by Gasteiger charge is -2.36. The van der Waals surface area contributed by atoms with Gasteiger partial charge in [0.25, 0.3) is 0 Å². The minimum atomic E-state index is -3.59. The second kappa shape index (κ2) is 9.62. The van der Waals surface area contributed by atoms with E-state index in [-0.39, 0.29) is 28.8 Å². The molecule has 8 nitrogen and oxygen atoms in total. The normalized spacial score (nSPS) is 19.2. The molecule has 0 bridgehead atoms. The maximum atomic E-state index is 13.0. The van der Waals surface area contributed by atoms with Gasteiger partial charge in [-0.2, -0.15) is 4.31 Å². The van der Waals surface area contributed by atoms with Crippen molar-refractivity contribution in [2.24, 2.45) is 5.92 Å². The summed E-state index contributed by atoms with van der Waals surface area (Å²) in [6.07, 6.45) is 3.02. The number of hydrogen-bond acceptors (Lipinski definition) is 6. The number of amides is 1. The van der Waals surface area contributed by atoms with Crippen molar-refractivity contribution in [3.63, 3.8) is 0 Å². The van der Waals surface area contributed by atoms with Crippen molar-refractivity contribution >= 4 is 21.7 Å². The molecular weight excluding hydrogens is 404 g/mol. The van der Waals surface area contributed by atoms with Gasteiger partial charge in [0.05, 0.1) is 13.2 Å². The second-order valence-corrected chi connectivity index (χ2v) is 10.4. The molecule has 1 aromatic heterocycles. The molecule has 2 aliphatic rings. The second-order valence-electron chi connectivity index (χ2n) is 8.57. The molecule has 3 rings (SSSR count). The van der Waals surface area contributed by atoms with E-state index in [2.05, 4.69) is 9.88 Å². The lowest BCUT2D eigenvalue weighted by atomic mass is 9.95. The highest BCUT2D eigenvalue weighted by Crippen LogP contribution is 2.26. The fourth-order valence-corrected chi connectivity index (χ4v) is 6.16. The van der Waals surface area contributed by atoms with E-state index in [1.54, 1.807) is 12.1 Å². The number of nitrogens with zero attached hydrogens (tertiary/aromatic N) is 4. The highest BCUT2D eigenvalue weighted by atomic mass is 32.2. The van der Waals surface area contributed by atoms with E-state index in [1.807, 2.05) is 32.6 Å². The van der Waals surface area contributed by atoms with Crippen molar-refractivity contribution in [2.75, 3.05) is 44.3 Å².